The van der Waals surface area contributed by atoms with Gasteiger partial charge in [0, 0.05) is 0 Å². The number of aryl methyl sites for hydroxylation is 1. The lowest BCUT2D eigenvalue weighted by Crippen LogP contribution is -2.37. The van der Waals surface area contributed by atoms with E-state index in [1.807, 2.05) is 4.72 Å². The fourth-order valence-corrected chi connectivity index (χ4v) is 3.13. The Morgan fingerprint density at radius 1 is 1.67 bits per heavy atom. The zero-order valence-electron chi connectivity index (χ0n) is 8.09. The van der Waals surface area contributed by atoms with Gasteiger partial charge in [-0.2, -0.15) is 4.72 Å². The van der Waals surface area contributed by atoms with E-state index < -0.39 is 22.0 Å². The average Bonchev–Trinajstić information content (AvgIpc) is 2.51. The number of nitrogens with one attached hydrogen (secondary N) is 1. The number of rotatable bonds is 4. The van der Waals surface area contributed by atoms with Gasteiger partial charge in [-0.1, -0.05) is 0 Å². The van der Waals surface area contributed by atoms with Crippen LogP contribution in [0.3, 0.4) is 0 Å². The van der Waals surface area contributed by atoms with Crippen LogP contribution in [0.2, 0.25) is 0 Å². The van der Waals surface area contributed by atoms with Crippen molar-refractivity contribution in [2.24, 2.45) is 0 Å². The summed E-state index contributed by atoms with van der Waals surface area (Å²) in [6.45, 7) is 2.93. The standard InChI is InChI=1S/C7H10N2O4S2/c1-4(7(10)11)9-15(12,13)6-3-8-5(2)14-6/h3-4,9H,1-2H3,(H,10,11)/t4-/m0/s1. The molecule has 8 heteroatoms. The maximum Gasteiger partial charge on any atom is 0.321 e. The molecule has 1 aromatic rings. The van der Waals surface area contributed by atoms with Crippen LogP contribution in [0.4, 0.5) is 0 Å². The van der Waals surface area contributed by atoms with Crippen molar-refractivity contribution in [3.63, 3.8) is 0 Å². The number of hydrogen-bond donors (Lipinski definition) is 2. The zero-order valence-corrected chi connectivity index (χ0v) is 9.72. The highest BCUT2D eigenvalue weighted by Gasteiger charge is 2.23. The van der Waals surface area contributed by atoms with Gasteiger partial charge in [-0.3, -0.25) is 4.79 Å². The fraction of sp³-hybridized carbons (Fsp3) is 0.429. The van der Waals surface area contributed by atoms with Crippen LogP contribution in [0.5, 0.6) is 0 Å². The second-order valence-corrected chi connectivity index (χ2v) is 6.06. The molecule has 15 heavy (non-hydrogen) atoms. The molecule has 0 radical (unpaired) electrons. The van der Waals surface area contributed by atoms with Gasteiger partial charge in [0.05, 0.1) is 11.2 Å². The minimum atomic E-state index is -3.76. The molecule has 0 amide bonds. The van der Waals surface area contributed by atoms with E-state index in [-0.39, 0.29) is 4.21 Å². The minimum absolute atomic E-state index is 0.0214. The van der Waals surface area contributed by atoms with E-state index in [0.29, 0.717) is 5.01 Å². The molecule has 0 saturated carbocycles. The SMILES string of the molecule is Cc1ncc(S(=O)(=O)N[C@@H](C)C(=O)O)s1. The van der Waals surface area contributed by atoms with Gasteiger partial charge >= 0.3 is 5.97 Å². The van der Waals surface area contributed by atoms with Gasteiger partial charge in [0.25, 0.3) is 10.0 Å². The van der Waals surface area contributed by atoms with Crippen molar-refractivity contribution in [3.05, 3.63) is 11.2 Å². The van der Waals surface area contributed by atoms with Crippen molar-refractivity contribution >= 4 is 27.3 Å². The summed E-state index contributed by atoms with van der Waals surface area (Å²) in [5.41, 5.74) is 0. The van der Waals surface area contributed by atoms with Crippen LogP contribution in [0, 0.1) is 6.92 Å². The van der Waals surface area contributed by atoms with Gasteiger partial charge in [-0.25, -0.2) is 13.4 Å². The molecular formula is C7H10N2O4S2. The summed E-state index contributed by atoms with van der Waals surface area (Å²) in [5.74, 6) is -1.22. The summed E-state index contributed by atoms with van der Waals surface area (Å²) in [6.07, 6.45) is 1.21. The van der Waals surface area contributed by atoms with Crippen LogP contribution >= 0.6 is 11.3 Å². The molecule has 6 nitrogen and oxygen atoms in total. The molecular weight excluding hydrogens is 240 g/mol. The topological polar surface area (TPSA) is 96.4 Å². The molecule has 0 aliphatic rings. The van der Waals surface area contributed by atoms with Gasteiger partial charge in [0.1, 0.15) is 6.04 Å². The molecule has 0 aliphatic carbocycles. The Labute approximate surface area is 91.0 Å². The summed E-state index contributed by atoms with van der Waals surface area (Å²) in [5, 5.41) is 9.17. The van der Waals surface area contributed by atoms with Crippen LogP contribution in [0.1, 0.15) is 11.9 Å². The quantitative estimate of drug-likeness (QED) is 0.796. The molecule has 84 valence electrons. The van der Waals surface area contributed by atoms with Gasteiger partial charge in [0.15, 0.2) is 4.21 Å². The maximum atomic E-state index is 11.6. The number of hydrogen-bond acceptors (Lipinski definition) is 5. The predicted octanol–water partition coefficient (Wildman–Crippen LogP) is 0.203. The Morgan fingerprint density at radius 2 is 2.27 bits per heavy atom. The molecule has 1 heterocycles. The molecule has 1 aromatic heterocycles. The van der Waals surface area contributed by atoms with Crippen LogP contribution in [0.15, 0.2) is 10.4 Å². The first kappa shape index (κ1) is 12.1. The Bertz CT molecular complexity index is 465. The van der Waals surface area contributed by atoms with Gasteiger partial charge < -0.3 is 5.11 Å². The molecule has 1 rings (SSSR count). The van der Waals surface area contributed by atoms with E-state index in [0.717, 1.165) is 11.3 Å². The summed E-state index contributed by atoms with van der Waals surface area (Å²) in [4.78, 5) is 14.3. The second-order valence-electron chi connectivity index (χ2n) is 2.88. The summed E-state index contributed by atoms with van der Waals surface area (Å²) >= 11 is 0.994. The third kappa shape index (κ3) is 2.98. The third-order valence-corrected chi connectivity index (χ3v) is 4.48. The van der Waals surface area contributed by atoms with E-state index >= 15 is 0 Å². The van der Waals surface area contributed by atoms with Crippen molar-refractivity contribution in [1.29, 1.82) is 0 Å². The first-order valence-corrected chi connectivity index (χ1v) is 6.30. The number of carboxylic acids is 1. The minimum Gasteiger partial charge on any atom is -0.480 e. The highest BCUT2D eigenvalue weighted by atomic mass is 32.2. The lowest BCUT2D eigenvalue weighted by Gasteiger charge is -2.07. The van der Waals surface area contributed by atoms with Crippen molar-refractivity contribution in [1.82, 2.24) is 9.71 Å². The first-order valence-electron chi connectivity index (χ1n) is 4.00. The van der Waals surface area contributed by atoms with E-state index in [4.69, 9.17) is 5.11 Å². The summed E-state index contributed by atoms with van der Waals surface area (Å²) in [6, 6.07) is -1.16. The second kappa shape index (κ2) is 4.25. The van der Waals surface area contributed by atoms with Gasteiger partial charge in [-0.15, -0.1) is 11.3 Å². The summed E-state index contributed by atoms with van der Waals surface area (Å²) < 4.78 is 25.2. The molecule has 0 unspecified atom stereocenters. The molecule has 0 bridgehead atoms. The van der Waals surface area contributed by atoms with E-state index in [2.05, 4.69) is 4.98 Å². The van der Waals surface area contributed by atoms with E-state index in [1.165, 1.54) is 13.1 Å². The van der Waals surface area contributed by atoms with Crippen molar-refractivity contribution in [2.45, 2.75) is 24.1 Å². The lowest BCUT2D eigenvalue weighted by atomic mass is 10.4. The molecule has 0 saturated heterocycles. The van der Waals surface area contributed by atoms with Crippen LogP contribution in [0.25, 0.3) is 0 Å². The van der Waals surface area contributed by atoms with Crippen molar-refractivity contribution < 1.29 is 18.3 Å². The van der Waals surface area contributed by atoms with Gasteiger partial charge in [0.2, 0.25) is 0 Å². The smallest absolute Gasteiger partial charge is 0.321 e. The fourth-order valence-electron chi connectivity index (χ4n) is 0.807. The molecule has 0 aromatic carbocycles. The zero-order chi connectivity index (χ0) is 11.6. The number of nitrogens with zero attached hydrogens (tertiary/aromatic N) is 1. The number of carboxylic acid groups (broad SMARTS) is 1. The van der Waals surface area contributed by atoms with Gasteiger partial charge in [-0.05, 0) is 13.8 Å². The molecule has 0 aliphatic heterocycles. The third-order valence-electron chi connectivity index (χ3n) is 1.57. The normalized spacial score (nSPS) is 13.7. The van der Waals surface area contributed by atoms with Crippen LogP contribution < -0.4 is 4.72 Å². The molecule has 1 atom stereocenters. The highest BCUT2D eigenvalue weighted by Crippen LogP contribution is 2.17. The number of carbonyl (C=O) groups is 1. The Kier molecular flexibility index (Phi) is 3.42. The molecule has 2 N–H and O–H groups in total. The number of aliphatic carboxylic acids is 1. The summed E-state index contributed by atoms with van der Waals surface area (Å²) in [7, 11) is -3.76. The lowest BCUT2D eigenvalue weighted by molar-refractivity contribution is -0.138. The van der Waals surface area contributed by atoms with Crippen molar-refractivity contribution in [2.75, 3.05) is 0 Å². The Balaban J connectivity index is 2.90. The van der Waals surface area contributed by atoms with Crippen LogP contribution in [-0.2, 0) is 14.8 Å². The van der Waals surface area contributed by atoms with Crippen LogP contribution in [-0.4, -0.2) is 30.5 Å². The Hall–Kier alpha value is -0.990. The predicted molar refractivity (Wildman–Crippen MR) is 54.3 cm³/mol. The monoisotopic (exact) mass is 250 g/mol. The molecule has 0 fully saturated rings. The molecule has 0 spiro atoms. The highest BCUT2D eigenvalue weighted by molar-refractivity contribution is 7.91. The maximum absolute atomic E-state index is 11.6. The Morgan fingerprint density at radius 3 is 2.67 bits per heavy atom. The largest absolute Gasteiger partial charge is 0.480 e. The number of sulfonamides is 1. The van der Waals surface area contributed by atoms with E-state index in [9.17, 15) is 13.2 Å². The number of aromatic nitrogens is 1. The average molecular weight is 250 g/mol. The number of thiazole rings is 1. The first-order chi connectivity index (χ1) is 6.83. The van der Waals surface area contributed by atoms with Crippen molar-refractivity contribution in [3.8, 4) is 0 Å². The van der Waals surface area contributed by atoms with E-state index in [1.54, 1.807) is 6.92 Å².